The van der Waals surface area contributed by atoms with Crippen molar-refractivity contribution < 1.29 is 9.53 Å². The average Bonchev–Trinajstić information content (AvgIpc) is 2.20. The molecule has 1 aromatic heterocycles. The molecule has 0 aliphatic rings. The van der Waals surface area contributed by atoms with Gasteiger partial charge >= 0.3 is 5.97 Å². The van der Waals surface area contributed by atoms with Crippen LogP contribution in [0.25, 0.3) is 0 Å². The van der Waals surface area contributed by atoms with E-state index in [4.69, 9.17) is 4.74 Å². The summed E-state index contributed by atoms with van der Waals surface area (Å²) in [7, 11) is 0. The minimum Gasteiger partial charge on any atom is -0.465 e. The van der Waals surface area contributed by atoms with Gasteiger partial charge in [-0.1, -0.05) is 11.8 Å². The number of carbonyl (C=O) groups excluding carboxylic acids is 1. The molecule has 6 heteroatoms. The van der Waals surface area contributed by atoms with Crippen molar-refractivity contribution in [3.63, 3.8) is 0 Å². The molecule has 1 rings (SSSR count). The fourth-order valence-corrected chi connectivity index (χ4v) is 1.48. The van der Waals surface area contributed by atoms with Gasteiger partial charge in [-0.3, -0.25) is 9.59 Å². The molecule has 0 aliphatic carbocycles. The van der Waals surface area contributed by atoms with Gasteiger partial charge in [0, 0.05) is 11.8 Å². The molecule has 5 nitrogen and oxygen atoms in total. The van der Waals surface area contributed by atoms with Crippen LogP contribution in [-0.2, 0) is 9.53 Å². The fourth-order valence-electron chi connectivity index (χ4n) is 0.845. The van der Waals surface area contributed by atoms with E-state index in [0.29, 0.717) is 17.3 Å². The third kappa shape index (κ3) is 3.75. The van der Waals surface area contributed by atoms with Crippen LogP contribution in [0.15, 0.2) is 16.1 Å². The van der Waals surface area contributed by atoms with Gasteiger partial charge in [0.05, 0.1) is 12.4 Å². The maximum absolute atomic E-state index is 11.2. The Morgan fingerprint density at radius 1 is 1.67 bits per heavy atom. The van der Waals surface area contributed by atoms with Crippen molar-refractivity contribution in [2.75, 3.05) is 12.4 Å². The lowest BCUT2D eigenvalue weighted by atomic mass is 10.4. The zero-order valence-corrected chi connectivity index (χ0v) is 9.39. The van der Waals surface area contributed by atoms with Crippen LogP contribution < -0.4 is 5.56 Å². The van der Waals surface area contributed by atoms with Crippen LogP contribution >= 0.6 is 11.8 Å². The van der Waals surface area contributed by atoms with Gasteiger partial charge in [-0.15, -0.1) is 0 Å². The highest BCUT2D eigenvalue weighted by molar-refractivity contribution is 7.99. The summed E-state index contributed by atoms with van der Waals surface area (Å²) in [4.78, 5) is 28.7. The Balaban J connectivity index is 2.55. The summed E-state index contributed by atoms with van der Waals surface area (Å²) in [6.45, 7) is 3.78. The van der Waals surface area contributed by atoms with Gasteiger partial charge in [0.25, 0.3) is 5.56 Å². The van der Waals surface area contributed by atoms with Crippen molar-refractivity contribution in [3.05, 3.63) is 22.1 Å². The number of hydrogen-bond donors (Lipinski definition) is 1. The quantitative estimate of drug-likeness (QED) is 0.467. The highest BCUT2D eigenvalue weighted by atomic mass is 32.2. The molecule has 0 spiro atoms. The molecule has 0 aromatic carbocycles. The Morgan fingerprint density at radius 3 is 3.00 bits per heavy atom. The highest BCUT2D eigenvalue weighted by Crippen LogP contribution is 2.10. The van der Waals surface area contributed by atoms with E-state index in [1.165, 1.54) is 6.20 Å². The first-order valence-corrected chi connectivity index (χ1v) is 5.46. The topological polar surface area (TPSA) is 72.0 Å². The second-order valence-electron chi connectivity index (χ2n) is 2.79. The van der Waals surface area contributed by atoms with Crippen LogP contribution in [0.5, 0.6) is 0 Å². The number of esters is 1. The van der Waals surface area contributed by atoms with Crippen LogP contribution in [-0.4, -0.2) is 28.3 Å². The van der Waals surface area contributed by atoms with Gasteiger partial charge in [0.2, 0.25) is 0 Å². The first-order valence-electron chi connectivity index (χ1n) is 4.47. The van der Waals surface area contributed by atoms with E-state index < -0.39 is 0 Å². The van der Waals surface area contributed by atoms with Crippen LogP contribution in [0, 0.1) is 6.92 Å². The molecule has 0 fully saturated rings. The molecule has 0 atom stereocenters. The molecular weight excluding hydrogens is 216 g/mol. The number of ether oxygens (including phenoxy) is 1. The van der Waals surface area contributed by atoms with E-state index in [9.17, 15) is 9.59 Å². The van der Waals surface area contributed by atoms with Gasteiger partial charge in [-0.2, -0.15) is 0 Å². The molecule has 1 N–H and O–H groups in total. The van der Waals surface area contributed by atoms with E-state index in [2.05, 4.69) is 9.97 Å². The number of aromatic nitrogens is 2. The molecule has 0 bridgehead atoms. The highest BCUT2D eigenvalue weighted by Gasteiger charge is 2.05. The van der Waals surface area contributed by atoms with E-state index >= 15 is 0 Å². The first kappa shape index (κ1) is 11.8. The number of aryl methyl sites for hydroxylation is 1. The standard InChI is InChI=1S/C9H12N2O3S/c1-3-14-7(12)5-15-9-10-4-6(2)8(13)11-9/h4H,3,5H2,1-2H3,(H,10,11,13). The molecule has 0 saturated carbocycles. The van der Waals surface area contributed by atoms with Crippen LogP contribution in [0.1, 0.15) is 12.5 Å². The maximum atomic E-state index is 11.2. The number of nitrogens with one attached hydrogen (secondary N) is 1. The van der Waals surface area contributed by atoms with E-state index in [0.717, 1.165) is 11.8 Å². The number of aromatic amines is 1. The van der Waals surface area contributed by atoms with Crippen molar-refractivity contribution in [1.29, 1.82) is 0 Å². The molecule has 1 heterocycles. The largest absolute Gasteiger partial charge is 0.465 e. The molecule has 82 valence electrons. The third-order valence-corrected chi connectivity index (χ3v) is 2.45. The lowest BCUT2D eigenvalue weighted by Crippen LogP contribution is -2.12. The van der Waals surface area contributed by atoms with Crippen LogP contribution in [0.3, 0.4) is 0 Å². The van der Waals surface area contributed by atoms with Crippen molar-refractivity contribution in [3.8, 4) is 0 Å². The van der Waals surface area contributed by atoms with E-state index in [-0.39, 0.29) is 17.3 Å². The number of nitrogens with zero attached hydrogens (tertiary/aromatic N) is 1. The minimum atomic E-state index is -0.314. The molecule has 15 heavy (non-hydrogen) atoms. The monoisotopic (exact) mass is 228 g/mol. The van der Waals surface area contributed by atoms with Crippen LogP contribution in [0.4, 0.5) is 0 Å². The second kappa shape index (κ2) is 5.55. The van der Waals surface area contributed by atoms with Crippen LogP contribution in [0.2, 0.25) is 0 Å². The molecule has 0 amide bonds. The fraction of sp³-hybridized carbons (Fsp3) is 0.444. The number of thioether (sulfide) groups is 1. The summed E-state index contributed by atoms with van der Waals surface area (Å²) in [5, 5.41) is 0.429. The van der Waals surface area contributed by atoms with Crippen molar-refractivity contribution in [2.24, 2.45) is 0 Å². The zero-order chi connectivity index (χ0) is 11.3. The Kier molecular flexibility index (Phi) is 4.36. The second-order valence-corrected chi connectivity index (χ2v) is 3.76. The Bertz CT molecular complexity index is 403. The smallest absolute Gasteiger partial charge is 0.316 e. The van der Waals surface area contributed by atoms with E-state index in [1.807, 2.05) is 0 Å². The van der Waals surface area contributed by atoms with Crippen molar-refractivity contribution in [1.82, 2.24) is 9.97 Å². The number of hydrogen-bond acceptors (Lipinski definition) is 5. The van der Waals surface area contributed by atoms with E-state index in [1.54, 1.807) is 13.8 Å². The van der Waals surface area contributed by atoms with Gasteiger partial charge < -0.3 is 9.72 Å². The average molecular weight is 228 g/mol. The summed E-state index contributed by atoms with van der Waals surface area (Å²) >= 11 is 1.15. The van der Waals surface area contributed by atoms with Crippen molar-refractivity contribution >= 4 is 17.7 Å². The number of rotatable bonds is 4. The zero-order valence-electron chi connectivity index (χ0n) is 8.57. The Morgan fingerprint density at radius 2 is 2.40 bits per heavy atom. The Labute approximate surface area is 91.3 Å². The minimum absolute atomic E-state index is 0.153. The summed E-state index contributed by atoms with van der Waals surface area (Å²) in [6, 6.07) is 0. The SMILES string of the molecule is CCOC(=O)CSc1ncc(C)c(=O)[nH]1. The Hall–Kier alpha value is -1.30. The van der Waals surface area contributed by atoms with Gasteiger partial charge in [-0.05, 0) is 13.8 Å². The molecular formula is C9H12N2O3S. The molecule has 0 saturated heterocycles. The normalized spacial score (nSPS) is 10.0. The molecule has 0 unspecified atom stereocenters. The molecule has 0 aliphatic heterocycles. The summed E-state index contributed by atoms with van der Waals surface area (Å²) in [6.07, 6.45) is 1.48. The number of H-pyrrole nitrogens is 1. The summed E-state index contributed by atoms with van der Waals surface area (Å²) in [5.74, 6) is -0.162. The lowest BCUT2D eigenvalue weighted by Gasteiger charge is -2.01. The maximum Gasteiger partial charge on any atom is 0.316 e. The predicted octanol–water partition coefficient (Wildman–Crippen LogP) is 0.734. The van der Waals surface area contributed by atoms with Gasteiger partial charge in [-0.25, -0.2) is 4.98 Å². The first-order chi connectivity index (χ1) is 7.13. The summed E-state index contributed by atoms with van der Waals surface area (Å²) in [5.41, 5.74) is 0.367. The predicted molar refractivity (Wildman–Crippen MR) is 57.0 cm³/mol. The summed E-state index contributed by atoms with van der Waals surface area (Å²) < 4.78 is 4.74. The molecule has 0 radical (unpaired) electrons. The van der Waals surface area contributed by atoms with Gasteiger partial charge in [0.1, 0.15) is 0 Å². The lowest BCUT2D eigenvalue weighted by molar-refractivity contribution is -0.139. The number of carbonyl (C=O) groups is 1. The molecule has 1 aromatic rings. The van der Waals surface area contributed by atoms with Crippen molar-refractivity contribution in [2.45, 2.75) is 19.0 Å². The third-order valence-electron chi connectivity index (χ3n) is 1.59. The van der Waals surface area contributed by atoms with Gasteiger partial charge in [0.15, 0.2) is 5.16 Å².